The van der Waals surface area contributed by atoms with Crippen LogP contribution in [-0.2, 0) is 29.3 Å². The molecule has 4 heterocycles. The van der Waals surface area contributed by atoms with Crippen molar-refractivity contribution < 1.29 is 33.4 Å². The van der Waals surface area contributed by atoms with Crippen LogP contribution in [0.5, 0.6) is 0 Å². The third kappa shape index (κ3) is 10.8. The number of alkyl carbamates (subject to hydrolysis) is 2. The first-order valence-electron chi connectivity index (χ1n) is 23.7. The molecule has 4 N–H and O–H groups in total. The SMILES string of the molecule is COC(=O)N[C@H](C(=O)NC(=O)[C@@H]1CCCN1c1ccc([C@H]2CCC(c3ccc(-c4c[nH]c([C@@H]5CCCN5C(=O)[C@@H](NC(=O)OC)C(C)C)n4)cc3)N2c2ccc(C(C)(C)C)cc2)cc1)C(C)C. The largest absolute Gasteiger partial charge is 0.453 e. The van der Waals surface area contributed by atoms with E-state index in [0.717, 1.165) is 60.6 Å². The lowest BCUT2D eigenvalue weighted by Gasteiger charge is -2.34. The summed E-state index contributed by atoms with van der Waals surface area (Å²) in [5.74, 6) is -0.729. The number of methoxy groups -OCH3 is 2. The average molecular weight is 917 g/mol. The molecule has 0 aliphatic carbocycles. The van der Waals surface area contributed by atoms with Crippen molar-refractivity contribution in [1.29, 1.82) is 0 Å². The summed E-state index contributed by atoms with van der Waals surface area (Å²) in [6.45, 7) is 15.4. The molecule has 1 aromatic heterocycles. The summed E-state index contributed by atoms with van der Waals surface area (Å²) in [5.41, 5.74) is 7.48. The van der Waals surface area contributed by atoms with Crippen LogP contribution in [0.25, 0.3) is 11.3 Å². The summed E-state index contributed by atoms with van der Waals surface area (Å²) in [6, 6.07) is 23.9. The molecule has 3 aromatic carbocycles. The maximum absolute atomic E-state index is 13.7. The molecule has 67 heavy (non-hydrogen) atoms. The molecule has 6 atom stereocenters. The standard InChI is InChI=1S/C52H68N8O7/c1-31(2)44(55-50(64)66-8)48(62)57-47(61)43-13-11-28-58(43)37-22-18-35(19-23-37)41-27-26-40(60(41)38-24-20-36(21-25-38)52(5,6)7)34-16-14-33(15-17-34)39-30-53-46(54-39)42-12-10-29-59(42)49(63)45(32(3)4)56-51(65)67-9/h14-25,30-32,40-45H,10-13,26-29H2,1-9H3,(H,53,54)(H,55,64)(H,56,65)(H,57,61,62)/t40?,41-,42+,43+,44+,45+/m1/s1. The lowest BCUT2D eigenvalue weighted by Crippen LogP contribution is -2.54. The number of aromatic nitrogens is 2. The van der Waals surface area contributed by atoms with Crippen molar-refractivity contribution in [1.82, 2.24) is 30.8 Å². The van der Waals surface area contributed by atoms with Crippen molar-refractivity contribution in [3.63, 3.8) is 0 Å². The Morgan fingerprint density at radius 2 is 1.24 bits per heavy atom. The fraction of sp³-hybridized carbons (Fsp3) is 0.500. The first-order valence-corrected chi connectivity index (χ1v) is 23.7. The van der Waals surface area contributed by atoms with Gasteiger partial charge in [0.1, 0.15) is 23.9 Å². The van der Waals surface area contributed by atoms with E-state index >= 15 is 0 Å². The number of aromatic amines is 1. The van der Waals surface area contributed by atoms with Gasteiger partial charge in [0, 0.05) is 36.2 Å². The Kier molecular flexibility index (Phi) is 15.0. The van der Waals surface area contributed by atoms with Crippen molar-refractivity contribution in [2.75, 3.05) is 37.1 Å². The van der Waals surface area contributed by atoms with E-state index in [1.54, 1.807) is 13.8 Å². The zero-order chi connectivity index (χ0) is 48.2. The van der Waals surface area contributed by atoms with Gasteiger partial charge in [-0.3, -0.25) is 19.7 Å². The van der Waals surface area contributed by atoms with E-state index in [-0.39, 0.29) is 47.2 Å². The Morgan fingerprint density at radius 3 is 1.81 bits per heavy atom. The van der Waals surface area contributed by atoms with Crippen LogP contribution in [0, 0.1) is 11.8 Å². The first kappa shape index (κ1) is 48.6. The summed E-state index contributed by atoms with van der Waals surface area (Å²) in [5, 5.41) is 7.82. The quantitative estimate of drug-likeness (QED) is 0.102. The van der Waals surface area contributed by atoms with E-state index in [9.17, 15) is 24.0 Å². The topological polar surface area (TPSA) is 178 Å². The molecular formula is C52H68N8O7. The van der Waals surface area contributed by atoms with Crippen LogP contribution in [0.3, 0.4) is 0 Å². The summed E-state index contributed by atoms with van der Waals surface area (Å²) < 4.78 is 9.50. The Balaban J connectivity index is 1.09. The lowest BCUT2D eigenvalue weighted by atomic mass is 9.87. The fourth-order valence-corrected chi connectivity index (χ4v) is 9.92. The number of imidazole rings is 1. The van der Waals surface area contributed by atoms with E-state index in [1.165, 1.54) is 30.9 Å². The Labute approximate surface area is 394 Å². The fourth-order valence-electron chi connectivity index (χ4n) is 9.92. The van der Waals surface area contributed by atoms with Crippen LogP contribution in [0.4, 0.5) is 21.0 Å². The van der Waals surface area contributed by atoms with Crippen LogP contribution in [0.2, 0.25) is 0 Å². The Bertz CT molecular complexity index is 2370. The van der Waals surface area contributed by atoms with Gasteiger partial charge >= 0.3 is 12.2 Å². The number of nitrogens with zero attached hydrogens (tertiary/aromatic N) is 4. The van der Waals surface area contributed by atoms with Crippen molar-refractivity contribution in [3.05, 3.63) is 102 Å². The highest BCUT2D eigenvalue weighted by Gasteiger charge is 2.39. The molecule has 7 rings (SSSR count). The van der Waals surface area contributed by atoms with Crippen LogP contribution in [0.1, 0.15) is 128 Å². The van der Waals surface area contributed by atoms with Gasteiger partial charge in [-0.25, -0.2) is 14.6 Å². The number of benzene rings is 3. The maximum atomic E-state index is 13.7. The van der Waals surface area contributed by atoms with Gasteiger partial charge in [0.25, 0.3) is 0 Å². The summed E-state index contributed by atoms with van der Waals surface area (Å²) in [6.07, 6.45) is 5.45. The molecule has 15 heteroatoms. The van der Waals surface area contributed by atoms with E-state index in [4.69, 9.17) is 14.5 Å². The average Bonchev–Trinajstić information content (AvgIpc) is 4.16. The molecular weight excluding hydrogens is 849 g/mol. The number of anilines is 2. The summed E-state index contributed by atoms with van der Waals surface area (Å²) in [4.78, 5) is 79.2. The Hall–Kier alpha value is -6.38. The predicted molar refractivity (Wildman–Crippen MR) is 258 cm³/mol. The molecule has 3 aliphatic heterocycles. The van der Waals surface area contributed by atoms with E-state index in [0.29, 0.717) is 19.5 Å². The molecule has 0 bridgehead atoms. The van der Waals surface area contributed by atoms with Crippen molar-refractivity contribution in [2.45, 2.75) is 129 Å². The number of H-pyrrole nitrogens is 1. The zero-order valence-corrected chi connectivity index (χ0v) is 40.4. The van der Waals surface area contributed by atoms with Crippen molar-refractivity contribution in [2.24, 2.45) is 11.8 Å². The summed E-state index contributed by atoms with van der Waals surface area (Å²) >= 11 is 0. The second-order valence-electron chi connectivity index (χ2n) is 19.8. The number of likely N-dealkylation sites (tertiary alicyclic amines) is 1. The van der Waals surface area contributed by atoms with Gasteiger partial charge in [0.2, 0.25) is 17.7 Å². The van der Waals surface area contributed by atoms with Crippen LogP contribution >= 0.6 is 0 Å². The van der Waals surface area contributed by atoms with Crippen LogP contribution in [-0.4, -0.2) is 90.2 Å². The van der Waals surface area contributed by atoms with Gasteiger partial charge in [-0.2, -0.15) is 0 Å². The van der Waals surface area contributed by atoms with Crippen molar-refractivity contribution >= 4 is 41.3 Å². The third-order valence-corrected chi connectivity index (χ3v) is 13.7. The second-order valence-corrected chi connectivity index (χ2v) is 19.8. The number of nitrogens with one attached hydrogen (secondary N) is 4. The monoisotopic (exact) mass is 917 g/mol. The number of ether oxygens (including phenoxy) is 2. The summed E-state index contributed by atoms with van der Waals surface area (Å²) in [7, 11) is 2.53. The lowest BCUT2D eigenvalue weighted by molar-refractivity contribution is -0.135. The van der Waals surface area contributed by atoms with E-state index in [2.05, 4.69) is 124 Å². The maximum Gasteiger partial charge on any atom is 0.407 e. The number of hydrogen-bond acceptors (Lipinski definition) is 10. The number of carbonyl (C=O) groups is 5. The van der Waals surface area contributed by atoms with Gasteiger partial charge in [0.15, 0.2) is 0 Å². The van der Waals surface area contributed by atoms with Crippen LogP contribution < -0.4 is 25.8 Å². The number of imide groups is 1. The molecule has 15 nitrogen and oxygen atoms in total. The second kappa shape index (κ2) is 20.6. The minimum absolute atomic E-state index is 0.0115. The number of amides is 5. The smallest absolute Gasteiger partial charge is 0.407 e. The zero-order valence-electron chi connectivity index (χ0n) is 40.4. The minimum Gasteiger partial charge on any atom is -0.453 e. The Morgan fingerprint density at radius 1 is 0.687 bits per heavy atom. The molecule has 4 aromatic rings. The highest BCUT2D eigenvalue weighted by atomic mass is 16.5. The van der Waals surface area contributed by atoms with Crippen molar-refractivity contribution in [3.8, 4) is 11.3 Å². The van der Waals surface area contributed by atoms with Gasteiger partial charge in [-0.1, -0.05) is 97.0 Å². The molecule has 0 radical (unpaired) electrons. The van der Waals surface area contributed by atoms with E-state index in [1.807, 2.05) is 24.9 Å². The third-order valence-electron chi connectivity index (χ3n) is 13.7. The highest BCUT2D eigenvalue weighted by molar-refractivity contribution is 6.02. The van der Waals surface area contributed by atoms with Gasteiger partial charge in [-0.05, 0) is 96.7 Å². The molecule has 358 valence electrons. The molecule has 3 saturated heterocycles. The normalized spacial score (nSPS) is 20.5. The predicted octanol–water partition coefficient (Wildman–Crippen LogP) is 8.49. The number of rotatable bonds is 13. The molecule has 0 spiro atoms. The first-order chi connectivity index (χ1) is 32.0. The van der Waals surface area contributed by atoms with Gasteiger partial charge < -0.3 is 39.8 Å². The number of carbonyl (C=O) groups excluding carboxylic acids is 5. The molecule has 3 fully saturated rings. The van der Waals surface area contributed by atoms with E-state index < -0.39 is 36.2 Å². The highest BCUT2D eigenvalue weighted by Crippen LogP contribution is 2.48. The van der Waals surface area contributed by atoms with Gasteiger partial charge in [-0.15, -0.1) is 0 Å². The van der Waals surface area contributed by atoms with Gasteiger partial charge in [0.05, 0.1) is 38.0 Å². The van der Waals surface area contributed by atoms with Crippen LogP contribution in [0.15, 0.2) is 79.0 Å². The minimum atomic E-state index is -0.910. The molecule has 5 amide bonds. The molecule has 0 saturated carbocycles. The number of hydrogen-bond donors (Lipinski definition) is 4. The molecule has 1 unspecified atom stereocenters. The molecule has 3 aliphatic rings.